The molecule has 0 saturated carbocycles. The molecule has 0 spiro atoms. The summed E-state index contributed by atoms with van der Waals surface area (Å²) >= 11 is 6.60. The van der Waals surface area contributed by atoms with E-state index in [2.05, 4.69) is 66.9 Å². The maximum absolute atomic E-state index is 13.2. The molecular formula is C35H32ClFN2O2. The molecule has 2 aliphatic rings. The highest BCUT2D eigenvalue weighted by molar-refractivity contribution is 6.32. The first kappa shape index (κ1) is 27.1. The molecule has 0 fully saturated rings. The van der Waals surface area contributed by atoms with E-state index in [1.165, 1.54) is 34.5 Å². The number of rotatable bonds is 8. The molecule has 0 bridgehead atoms. The summed E-state index contributed by atoms with van der Waals surface area (Å²) < 4.78 is 25.0. The maximum Gasteiger partial charge on any atom is 0.180 e. The van der Waals surface area contributed by atoms with Crippen LogP contribution in [0, 0.1) is 18.7 Å². The summed E-state index contributed by atoms with van der Waals surface area (Å²) in [5, 5.41) is 4.23. The van der Waals surface area contributed by atoms with Crippen LogP contribution in [0.1, 0.15) is 53.1 Å². The number of halogens is 2. The topological polar surface area (TPSA) is 42.8 Å². The van der Waals surface area contributed by atoms with Gasteiger partial charge in [0, 0.05) is 17.8 Å². The second-order valence-electron chi connectivity index (χ2n) is 10.6. The molecule has 41 heavy (non-hydrogen) atoms. The number of benzene rings is 4. The molecule has 1 aliphatic carbocycles. The molecule has 6 rings (SSSR count). The maximum atomic E-state index is 13.2. The Morgan fingerprint density at radius 3 is 2.59 bits per heavy atom. The molecule has 0 aromatic heterocycles. The quantitative estimate of drug-likeness (QED) is 0.171. The van der Waals surface area contributed by atoms with Crippen LogP contribution >= 0.6 is 11.6 Å². The van der Waals surface area contributed by atoms with Crippen LogP contribution in [0.5, 0.6) is 11.5 Å². The standard InChI is InChI=1S/C35H32ClFN2O2/c1-3-40-33-19-24(18-31(36)35(33)41-21-23-8-12-26(37)13-9-23)20-38-27-14-10-25(11-15-27)34-29-6-4-5-28(29)30-17-22(2)7-16-32(30)39-34/h4-5,7-20,28-29,34,39H,3,6,21H2,1-2H3/t28-,29-,34-/m0/s1. The highest BCUT2D eigenvalue weighted by Gasteiger charge is 2.37. The summed E-state index contributed by atoms with van der Waals surface area (Å²) in [4.78, 5) is 4.70. The minimum atomic E-state index is -0.286. The highest BCUT2D eigenvalue weighted by Crippen LogP contribution is 2.50. The van der Waals surface area contributed by atoms with E-state index in [4.69, 9.17) is 26.1 Å². The average Bonchev–Trinajstić information content (AvgIpc) is 3.47. The summed E-state index contributed by atoms with van der Waals surface area (Å²) in [6.07, 6.45) is 7.54. The van der Waals surface area contributed by atoms with Gasteiger partial charge >= 0.3 is 0 Å². The Hall–Kier alpha value is -4.09. The van der Waals surface area contributed by atoms with Crippen molar-refractivity contribution in [3.8, 4) is 11.5 Å². The predicted molar refractivity (Wildman–Crippen MR) is 165 cm³/mol. The summed E-state index contributed by atoms with van der Waals surface area (Å²) in [5.74, 6) is 1.65. The lowest BCUT2D eigenvalue weighted by atomic mass is 9.76. The van der Waals surface area contributed by atoms with Gasteiger partial charge in [-0.25, -0.2) is 4.39 Å². The van der Waals surface area contributed by atoms with Crippen molar-refractivity contribution >= 4 is 29.2 Å². The van der Waals surface area contributed by atoms with Gasteiger partial charge in [0.2, 0.25) is 0 Å². The molecule has 1 aliphatic heterocycles. The molecule has 3 atom stereocenters. The number of hydrogen-bond donors (Lipinski definition) is 1. The number of aliphatic imine (C=N–C) groups is 1. The predicted octanol–water partition coefficient (Wildman–Crippen LogP) is 9.34. The van der Waals surface area contributed by atoms with Crippen LogP contribution in [0.2, 0.25) is 5.02 Å². The zero-order valence-electron chi connectivity index (χ0n) is 23.1. The van der Waals surface area contributed by atoms with E-state index in [9.17, 15) is 4.39 Å². The third kappa shape index (κ3) is 5.86. The molecule has 1 heterocycles. The first-order valence-corrected chi connectivity index (χ1v) is 14.4. The van der Waals surface area contributed by atoms with Crippen molar-refractivity contribution < 1.29 is 13.9 Å². The Labute approximate surface area is 245 Å². The van der Waals surface area contributed by atoms with E-state index in [1.807, 2.05) is 13.0 Å². The SMILES string of the molecule is CCOc1cc(C=Nc2ccc([C@@H]3Nc4ccc(C)cc4[C@H]4C=CC[C@@H]43)cc2)cc(Cl)c1OCc1ccc(F)cc1. The van der Waals surface area contributed by atoms with E-state index >= 15 is 0 Å². The van der Waals surface area contributed by atoms with Crippen LogP contribution in [0.3, 0.4) is 0 Å². The molecule has 6 heteroatoms. The summed E-state index contributed by atoms with van der Waals surface area (Å²) in [7, 11) is 0. The zero-order valence-corrected chi connectivity index (χ0v) is 23.9. The first-order valence-electron chi connectivity index (χ1n) is 14.0. The Bertz CT molecular complexity index is 1600. The van der Waals surface area contributed by atoms with Gasteiger partial charge in [-0.05, 0) is 90.9 Å². The minimum Gasteiger partial charge on any atom is -0.490 e. The van der Waals surface area contributed by atoms with E-state index in [0.29, 0.717) is 35.0 Å². The number of ether oxygens (including phenoxy) is 2. The zero-order chi connectivity index (χ0) is 28.3. The van der Waals surface area contributed by atoms with E-state index in [1.54, 1.807) is 24.4 Å². The van der Waals surface area contributed by atoms with Crippen LogP contribution in [-0.2, 0) is 6.61 Å². The van der Waals surface area contributed by atoms with Crippen molar-refractivity contribution in [2.75, 3.05) is 11.9 Å². The summed E-state index contributed by atoms with van der Waals surface area (Å²) in [5.41, 5.74) is 7.68. The van der Waals surface area contributed by atoms with E-state index in [0.717, 1.165) is 23.2 Å². The molecule has 0 unspecified atom stereocenters. The fourth-order valence-corrected chi connectivity index (χ4v) is 6.04. The van der Waals surface area contributed by atoms with Gasteiger partial charge in [0.05, 0.1) is 23.4 Å². The molecule has 0 amide bonds. The van der Waals surface area contributed by atoms with Crippen molar-refractivity contribution in [2.45, 2.75) is 38.8 Å². The fraction of sp³-hybridized carbons (Fsp3) is 0.229. The van der Waals surface area contributed by atoms with Crippen LogP contribution in [-0.4, -0.2) is 12.8 Å². The normalized spacial score (nSPS) is 19.1. The van der Waals surface area contributed by atoms with Crippen molar-refractivity contribution in [3.05, 3.63) is 130 Å². The van der Waals surface area contributed by atoms with E-state index < -0.39 is 0 Å². The molecule has 0 radical (unpaired) electrons. The fourth-order valence-electron chi connectivity index (χ4n) is 5.76. The van der Waals surface area contributed by atoms with Gasteiger partial charge in [0.25, 0.3) is 0 Å². The van der Waals surface area contributed by atoms with Gasteiger partial charge in [-0.2, -0.15) is 0 Å². The second-order valence-corrected chi connectivity index (χ2v) is 11.0. The third-order valence-electron chi connectivity index (χ3n) is 7.76. The number of allylic oxidation sites excluding steroid dienone is 2. The van der Waals surface area contributed by atoms with Gasteiger partial charge in [0.15, 0.2) is 11.5 Å². The number of nitrogens with zero attached hydrogens (tertiary/aromatic N) is 1. The average molecular weight is 567 g/mol. The lowest BCUT2D eigenvalue weighted by Gasteiger charge is -2.37. The summed E-state index contributed by atoms with van der Waals surface area (Å²) in [6.45, 7) is 4.77. The number of fused-ring (bicyclic) bond motifs is 3. The Kier molecular flexibility index (Phi) is 7.80. The van der Waals surface area contributed by atoms with Gasteiger partial charge in [-0.15, -0.1) is 0 Å². The van der Waals surface area contributed by atoms with E-state index in [-0.39, 0.29) is 18.5 Å². The summed E-state index contributed by atoms with van der Waals surface area (Å²) in [6, 6.07) is 25.3. The number of anilines is 1. The van der Waals surface area contributed by atoms with Crippen molar-refractivity contribution in [1.82, 2.24) is 0 Å². The third-order valence-corrected chi connectivity index (χ3v) is 8.04. The molecule has 4 aromatic rings. The molecule has 4 aromatic carbocycles. The van der Waals surface area contributed by atoms with Gasteiger partial charge < -0.3 is 14.8 Å². The second kappa shape index (κ2) is 11.8. The van der Waals surface area contributed by atoms with Gasteiger partial charge in [-0.3, -0.25) is 4.99 Å². The monoisotopic (exact) mass is 566 g/mol. The Morgan fingerprint density at radius 1 is 1.00 bits per heavy atom. The van der Waals surface area contributed by atoms with Crippen LogP contribution in [0.15, 0.2) is 96.0 Å². The highest BCUT2D eigenvalue weighted by atomic mass is 35.5. The van der Waals surface area contributed by atoms with Gasteiger partial charge in [0.1, 0.15) is 12.4 Å². The van der Waals surface area contributed by atoms with Crippen LogP contribution in [0.4, 0.5) is 15.8 Å². The van der Waals surface area contributed by atoms with Crippen molar-refractivity contribution in [3.63, 3.8) is 0 Å². The minimum absolute atomic E-state index is 0.248. The first-order chi connectivity index (χ1) is 20.0. The van der Waals surface area contributed by atoms with Gasteiger partial charge in [-0.1, -0.05) is 65.7 Å². The van der Waals surface area contributed by atoms with Crippen molar-refractivity contribution in [2.24, 2.45) is 10.9 Å². The lowest BCUT2D eigenvalue weighted by Crippen LogP contribution is -2.29. The molecule has 1 N–H and O–H groups in total. The van der Waals surface area contributed by atoms with Crippen molar-refractivity contribution in [1.29, 1.82) is 0 Å². The molecule has 0 saturated heterocycles. The number of aryl methyl sites for hydroxylation is 1. The smallest absolute Gasteiger partial charge is 0.180 e. The number of hydrogen-bond acceptors (Lipinski definition) is 4. The largest absolute Gasteiger partial charge is 0.490 e. The lowest BCUT2D eigenvalue weighted by molar-refractivity contribution is 0.269. The molecule has 208 valence electrons. The van der Waals surface area contributed by atoms with Crippen LogP contribution in [0.25, 0.3) is 0 Å². The molecular weight excluding hydrogens is 535 g/mol. The number of nitrogens with one attached hydrogen (secondary N) is 1. The van der Waals surface area contributed by atoms with Crippen LogP contribution < -0.4 is 14.8 Å². The Balaban J connectivity index is 1.17. The molecule has 4 nitrogen and oxygen atoms in total. The Morgan fingerprint density at radius 2 is 1.80 bits per heavy atom.